The molecule has 0 saturated carbocycles. The van der Waals surface area contributed by atoms with E-state index in [0.29, 0.717) is 16.3 Å². The van der Waals surface area contributed by atoms with E-state index in [0.717, 1.165) is 0 Å². The van der Waals surface area contributed by atoms with Crippen molar-refractivity contribution in [3.63, 3.8) is 0 Å². The van der Waals surface area contributed by atoms with Crippen LogP contribution >= 0.6 is 0 Å². The Morgan fingerprint density at radius 3 is 2.71 bits per heavy atom. The second-order valence-electron chi connectivity index (χ2n) is 3.62. The van der Waals surface area contributed by atoms with Crippen LogP contribution in [0.25, 0.3) is 21.8 Å². The smallest absolute Gasteiger partial charge is 0.352 e. The first-order valence-corrected chi connectivity index (χ1v) is 4.84. The molecular formula is C12H5F3N2. The van der Waals surface area contributed by atoms with Crippen LogP contribution in [0.15, 0.2) is 24.3 Å². The van der Waals surface area contributed by atoms with E-state index in [4.69, 9.17) is 0 Å². The van der Waals surface area contributed by atoms with Crippen molar-refractivity contribution in [3.05, 3.63) is 42.2 Å². The molecule has 0 spiro atoms. The van der Waals surface area contributed by atoms with Crippen molar-refractivity contribution < 1.29 is 13.2 Å². The summed E-state index contributed by atoms with van der Waals surface area (Å²) in [5.74, 6) is 0. The third-order valence-corrected chi connectivity index (χ3v) is 2.56. The van der Waals surface area contributed by atoms with Gasteiger partial charge in [0.1, 0.15) is 0 Å². The molecule has 1 aromatic carbocycles. The van der Waals surface area contributed by atoms with Crippen molar-refractivity contribution in [2.45, 2.75) is 6.18 Å². The Labute approximate surface area is 94.1 Å². The van der Waals surface area contributed by atoms with Gasteiger partial charge >= 0.3 is 6.18 Å². The number of aromatic nitrogens is 2. The quantitative estimate of drug-likeness (QED) is 0.635. The predicted molar refractivity (Wildman–Crippen MR) is 56.3 cm³/mol. The van der Waals surface area contributed by atoms with Gasteiger partial charge in [0.15, 0.2) is 5.69 Å². The lowest BCUT2D eigenvalue weighted by Crippen LogP contribution is -2.07. The van der Waals surface area contributed by atoms with Gasteiger partial charge in [-0.25, -0.2) is 0 Å². The highest BCUT2D eigenvalue weighted by molar-refractivity contribution is 6.07. The predicted octanol–water partition coefficient (Wildman–Crippen LogP) is 3.34. The highest BCUT2D eigenvalue weighted by Gasteiger charge is 2.35. The molecule has 5 heteroatoms. The molecule has 1 N–H and O–H groups in total. The fourth-order valence-electron chi connectivity index (χ4n) is 1.85. The van der Waals surface area contributed by atoms with Crippen LogP contribution in [0.2, 0.25) is 0 Å². The van der Waals surface area contributed by atoms with E-state index in [1.165, 1.54) is 0 Å². The van der Waals surface area contributed by atoms with E-state index >= 15 is 0 Å². The lowest BCUT2D eigenvalue weighted by molar-refractivity contribution is -0.139. The molecule has 0 atom stereocenters. The summed E-state index contributed by atoms with van der Waals surface area (Å²) in [5, 5.41) is 1.05. The third-order valence-electron chi connectivity index (χ3n) is 2.56. The minimum Gasteiger partial charge on any atom is -0.352 e. The molecule has 17 heavy (non-hydrogen) atoms. The number of fused-ring (bicyclic) bond motifs is 3. The number of hydrogen-bond acceptors (Lipinski definition) is 1. The van der Waals surface area contributed by atoms with Crippen LogP contribution in [0, 0.1) is 12.3 Å². The Bertz CT molecular complexity index is 698. The van der Waals surface area contributed by atoms with Crippen molar-refractivity contribution in [3.8, 4) is 0 Å². The maximum Gasteiger partial charge on any atom is 0.436 e. The highest BCUT2D eigenvalue weighted by atomic mass is 19.4. The number of para-hydroxylation sites is 1. The van der Waals surface area contributed by atoms with Crippen LogP contribution in [0.3, 0.4) is 0 Å². The molecule has 2 aromatic heterocycles. The van der Waals surface area contributed by atoms with Crippen LogP contribution in [0.4, 0.5) is 13.2 Å². The summed E-state index contributed by atoms with van der Waals surface area (Å²) < 4.78 is 38.2. The molecule has 84 valence electrons. The molecule has 0 radical (unpaired) electrons. The molecule has 3 aromatic rings. The van der Waals surface area contributed by atoms with Crippen LogP contribution in [0.5, 0.6) is 0 Å². The highest BCUT2D eigenvalue weighted by Crippen LogP contribution is 2.34. The monoisotopic (exact) mass is 234 g/mol. The molecule has 0 aliphatic rings. The summed E-state index contributed by atoms with van der Waals surface area (Å²) in [7, 11) is 0. The molecule has 2 heterocycles. The second kappa shape index (κ2) is 3.14. The van der Waals surface area contributed by atoms with Gasteiger partial charge < -0.3 is 4.98 Å². The molecular weight excluding hydrogens is 229 g/mol. The van der Waals surface area contributed by atoms with Crippen molar-refractivity contribution in [2.24, 2.45) is 0 Å². The van der Waals surface area contributed by atoms with E-state index in [1.807, 2.05) is 0 Å². The number of aromatic amines is 1. The van der Waals surface area contributed by atoms with Gasteiger partial charge in [-0.1, -0.05) is 18.2 Å². The largest absolute Gasteiger partial charge is 0.436 e. The van der Waals surface area contributed by atoms with Gasteiger partial charge in [-0.05, 0) is 12.1 Å². The molecule has 3 rings (SSSR count). The fraction of sp³-hybridized carbons (Fsp3) is 0.0833. The first kappa shape index (κ1) is 9.97. The number of benzene rings is 1. The zero-order valence-electron chi connectivity index (χ0n) is 8.39. The Hall–Kier alpha value is -2.22. The minimum absolute atomic E-state index is 0.0440. The van der Waals surface area contributed by atoms with Gasteiger partial charge in [0.2, 0.25) is 0 Å². The molecule has 0 aliphatic heterocycles. The van der Waals surface area contributed by atoms with Crippen LogP contribution in [-0.4, -0.2) is 9.97 Å². The maximum atomic E-state index is 12.7. The third kappa shape index (κ3) is 1.41. The summed E-state index contributed by atoms with van der Waals surface area (Å²) in [5.41, 5.74) is -0.370. The van der Waals surface area contributed by atoms with E-state index in [9.17, 15) is 13.2 Å². The zero-order valence-corrected chi connectivity index (χ0v) is 8.39. The van der Waals surface area contributed by atoms with Crippen molar-refractivity contribution >= 4 is 21.8 Å². The molecule has 0 amide bonds. The number of halogens is 3. The van der Waals surface area contributed by atoms with Gasteiger partial charge in [0, 0.05) is 17.1 Å². The lowest BCUT2D eigenvalue weighted by Gasteiger charge is -2.03. The molecule has 0 saturated heterocycles. The first-order chi connectivity index (χ1) is 8.07. The fourth-order valence-corrected chi connectivity index (χ4v) is 1.85. The van der Waals surface area contributed by atoms with Gasteiger partial charge in [-0.3, -0.25) is 0 Å². The average molecular weight is 234 g/mol. The van der Waals surface area contributed by atoms with Crippen LogP contribution < -0.4 is 0 Å². The van der Waals surface area contributed by atoms with E-state index in [2.05, 4.69) is 22.2 Å². The number of nitrogens with one attached hydrogen (secondary N) is 1. The standard InChI is InChI=1S/C12H5F3N2/c13-12(14,15)11-10-8(5-6-16-11)7-3-1-2-4-9(7)17-10/h1-4,17H. The van der Waals surface area contributed by atoms with Crippen LogP contribution in [-0.2, 0) is 6.18 Å². The van der Waals surface area contributed by atoms with Crippen LogP contribution in [0.1, 0.15) is 5.69 Å². The Kier molecular flexibility index (Phi) is 1.84. The van der Waals surface area contributed by atoms with E-state index in [1.54, 1.807) is 24.3 Å². The van der Waals surface area contributed by atoms with Gasteiger partial charge in [0.05, 0.1) is 10.9 Å². The Morgan fingerprint density at radius 1 is 1.18 bits per heavy atom. The van der Waals surface area contributed by atoms with Crippen molar-refractivity contribution in [1.29, 1.82) is 0 Å². The molecule has 0 aliphatic carbocycles. The van der Waals surface area contributed by atoms with Gasteiger partial charge in [-0.15, -0.1) is 0 Å². The summed E-state index contributed by atoms with van der Waals surface area (Å²) >= 11 is 0. The Morgan fingerprint density at radius 2 is 1.94 bits per heavy atom. The molecule has 2 nitrogen and oxygen atoms in total. The van der Waals surface area contributed by atoms with E-state index in [-0.39, 0.29) is 5.52 Å². The number of nitrogens with zero attached hydrogens (tertiary/aromatic N) is 1. The first-order valence-electron chi connectivity index (χ1n) is 4.84. The Balaban J connectivity index is 2.48. The number of rotatable bonds is 0. The molecule has 0 bridgehead atoms. The average Bonchev–Trinajstić information content (AvgIpc) is 2.65. The summed E-state index contributed by atoms with van der Waals surface area (Å²) in [4.78, 5) is 5.96. The van der Waals surface area contributed by atoms with Crippen molar-refractivity contribution in [2.75, 3.05) is 0 Å². The molecule has 0 unspecified atom stereocenters. The molecule has 0 fully saturated rings. The number of hydrogen-bond donors (Lipinski definition) is 1. The van der Waals surface area contributed by atoms with Gasteiger partial charge in [0.25, 0.3) is 0 Å². The maximum absolute atomic E-state index is 12.7. The van der Waals surface area contributed by atoms with Gasteiger partial charge in [-0.2, -0.15) is 18.2 Å². The second-order valence-corrected chi connectivity index (χ2v) is 3.62. The summed E-state index contributed by atoms with van der Waals surface area (Å²) in [6.07, 6.45) is -2.32. The number of alkyl halides is 3. The minimum atomic E-state index is -4.50. The number of H-pyrrole nitrogens is 1. The SMILES string of the molecule is FC(F)(F)c1nc#cc2c1[nH]c1ccccc12. The summed E-state index contributed by atoms with van der Waals surface area (Å²) in [6, 6.07) is 9.58. The van der Waals surface area contributed by atoms with Crippen molar-refractivity contribution in [1.82, 2.24) is 9.97 Å². The summed E-state index contributed by atoms with van der Waals surface area (Å²) in [6.45, 7) is 0. The topological polar surface area (TPSA) is 28.7 Å². The van der Waals surface area contributed by atoms with E-state index < -0.39 is 11.9 Å². The zero-order chi connectivity index (χ0) is 12.0. The normalized spacial score (nSPS) is 11.9. The lowest BCUT2D eigenvalue weighted by atomic mass is 10.2.